The first-order valence-corrected chi connectivity index (χ1v) is 5.81. The van der Waals surface area contributed by atoms with Crippen molar-refractivity contribution < 1.29 is 0 Å². The SMILES string of the molecule is CC(C)(N)C1(c2ccccc2Br)CC1. The molecule has 0 spiro atoms. The van der Waals surface area contributed by atoms with Gasteiger partial charge < -0.3 is 5.73 Å². The average Bonchev–Trinajstić information content (AvgIpc) is 2.84. The molecule has 0 heterocycles. The van der Waals surface area contributed by atoms with Crippen LogP contribution in [0.2, 0.25) is 0 Å². The Hall–Kier alpha value is -0.340. The van der Waals surface area contributed by atoms with Crippen LogP contribution in [0, 0.1) is 0 Å². The summed E-state index contributed by atoms with van der Waals surface area (Å²) in [6.07, 6.45) is 2.41. The molecule has 1 aliphatic carbocycles. The van der Waals surface area contributed by atoms with Crippen LogP contribution in [0.5, 0.6) is 0 Å². The van der Waals surface area contributed by atoms with Crippen LogP contribution in [0.4, 0.5) is 0 Å². The maximum absolute atomic E-state index is 6.26. The standard InChI is InChI=1S/C12H16BrN/c1-11(2,14)12(7-8-12)9-5-3-4-6-10(9)13/h3-6H,7-8,14H2,1-2H3. The van der Waals surface area contributed by atoms with Crippen molar-refractivity contribution in [3.63, 3.8) is 0 Å². The highest BCUT2D eigenvalue weighted by Gasteiger charge is 2.54. The van der Waals surface area contributed by atoms with Crippen molar-refractivity contribution in [1.82, 2.24) is 0 Å². The zero-order chi connectivity index (χ0) is 10.4. The zero-order valence-electron chi connectivity index (χ0n) is 8.68. The van der Waals surface area contributed by atoms with E-state index in [0.29, 0.717) is 0 Å². The van der Waals surface area contributed by atoms with E-state index in [1.807, 2.05) is 6.07 Å². The maximum atomic E-state index is 6.26. The van der Waals surface area contributed by atoms with Crippen LogP contribution < -0.4 is 5.73 Å². The Morgan fingerprint density at radius 2 is 1.86 bits per heavy atom. The third kappa shape index (κ3) is 1.41. The second-order valence-electron chi connectivity index (χ2n) is 4.78. The molecule has 1 fully saturated rings. The predicted octanol–water partition coefficient (Wildman–Crippen LogP) is 3.22. The highest BCUT2D eigenvalue weighted by atomic mass is 79.9. The molecule has 1 nitrogen and oxygen atoms in total. The van der Waals surface area contributed by atoms with E-state index in [0.717, 1.165) is 0 Å². The van der Waals surface area contributed by atoms with Crippen molar-refractivity contribution in [2.75, 3.05) is 0 Å². The highest BCUT2D eigenvalue weighted by molar-refractivity contribution is 9.10. The summed E-state index contributed by atoms with van der Waals surface area (Å²) in [5.74, 6) is 0. The van der Waals surface area contributed by atoms with Gasteiger partial charge in [-0.2, -0.15) is 0 Å². The van der Waals surface area contributed by atoms with E-state index in [4.69, 9.17) is 5.73 Å². The second kappa shape index (κ2) is 3.07. The highest BCUT2D eigenvalue weighted by Crippen LogP contribution is 2.56. The van der Waals surface area contributed by atoms with Gasteiger partial charge in [0.1, 0.15) is 0 Å². The molecule has 1 saturated carbocycles. The molecule has 0 unspecified atom stereocenters. The van der Waals surface area contributed by atoms with Crippen LogP contribution in [-0.2, 0) is 5.41 Å². The number of rotatable bonds is 2. The van der Waals surface area contributed by atoms with Crippen molar-refractivity contribution >= 4 is 15.9 Å². The fourth-order valence-corrected chi connectivity index (χ4v) is 2.90. The van der Waals surface area contributed by atoms with Crippen molar-refractivity contribution in [3.8, 4) is 0 Å². The van der Waals surface area contributed by atoms with E-state index in [9.17, 15) is 0 Å². The minimum atomic E-state index is -0.128. The number of benzene rings is 1. The van der Waals surface area contributed by atoms with Crippen molar-refractivity contribution in [1.29, 1.82) is 0 Å². The Morgan fingerprint density at radius 1 is 1.29 bits per heavy atom. The molecular formula is C12H16BrN. The molecule has 0 aliphatic heterocycles. The Morgan fingerprint density at radius 3 is 2.29 bits per heavy atom. The monoisotopic (exact) mass is 253 g/mol. The molecule has 2 rings (SSSR count). The Labute approximate surface area is 93.8 Å². The van der Waals surface area contributed by atoms with Gasteiger partial charge in [0.15, 0.2) is 0 Å². The molecule has 1 aliphatic rings. The number of halogens is 1. The molecule has 0 atom stereocenters. The fourth-order valence-electron chi connectivity index (χ4n) is 2.24. The van der Waals surface area contributed by atoms with Gasteiger partial charge >= 0.3 is 0 Å². The molecule has 0 saturated heterocycles. The van der Waals surface area contributed by atoms with Crippen molar-refractivity contribution in [2.24, 2.45) is 5.73 Å². The Kier molecular flexibility index (Phi) is 2.24. The fraction of sp³-hybridized carbons (Fsp3) is 0.500. The third-order valence-electron chi connectivity index (χ3n) is 3.37. The van der Waals surface area contributed by atoms with E-state index >= 15 is 0 Å². The molecule has 2 heteroatoms. The molecule has 1 aromatic rings. The van der Waals surface area contributed by atoms with Crippen LogP contribution in [0.3, 0.4) is 0 Å². The van der Waals surface area contributed by atoms with Gasteiger partial charge in [0, 0.05) is 15.4 Å². The minimum absolute atomic E-state index is 0.128. The van der Waals surface area contributed by atoms with Crippen LogP contribution >= 0.6 is 15.9 Å². The van der Waals surface area contributed by atoms with E-state index in [1.165, 1.54) is 22.9 Å². The van der Waals surface area contributed by atoms with Gasteiger partial charge in [0.25, 0.3) is 0 Å². The maximum Gasteiger partial charge on any atom is 0.0213 e. The lowest BCUT2D eigenvalue weighted by atomic mass is 9.79. The predicted molar refractivity (Wildman–Crippen MR) is 63.3 cm³/mol. The first kappa shape index (κ1) is 10.2. The molecule has 0 bridgehead atoms. The zero-order valence-corrected chi connectivity index (χ0v) is 10.3. The smallest absolute Gasteiger partial charge is 0.0213 e. The summed E-state index contributed by atoms with van der Waals surface area (Å²) < 4.78 is 1.19. The van der Waals surface area contributed by atoms with Gasteiger partial charge in [-0.1, -0.05) is 34.1 Å². The molecule has 0 radical (unpaired) electrons. The van der Waals surface area contributed by atoms with Crippen molar-refractivity contribution in [2.45, 2.75) is 37.6 Å². The van der Waals surface area contributed by atoms with E-state index in [1.54, 1.807) is 0 Å². The quantitative estimate of drug-likeness (QED) is 0.861. The van der Waals surface area contributed by atoms with Crippen LogP contribution in [-0.4, -0.2) is 5.54 Å². The molecule has 0 aromatic heterocycles. The summed E-state index contributed by atoms with van der Waals surface area (Å²) in [6.45, 7) is 4.25. The van der Waals surface area contributed by atoms with Gasteiger partial charge in [-0.05, 0) is 38.3 Å². The van der Waals surface area contributed by atoms with Gasteiger partial charge in [-0.3, -0.25) is 0 Å². The summed E-state index contributed by atoms with van der Waals surface area (Å²) in [5, 5.41) is 0. The number of nitrogens with two attached hydrogens (primary N) is 1. The minimum Gasteiger partial charge on any atom is -0.325 e. The Bertz CT molecular complexity index is 348. The lowest BCUT2D eigenvalue weighted by Gasteiger charge is -2.32. The van der Waals surface area contributed by atoms with E-state index < -0.39 is 0 Å². The molecule has 76 valence electrons. The summed E-state index contributed by atoms with van der Waals surface area (Å²) in [7, 11) is 0. The van der Waals surface area contributed by atoms with Gasteiger partial charge in [-0.15, -0.1) is 0 Å². The topological polar surface area (TPSA) is 26.0 Å². The summed E-state index contributed by atoms with van der Waals surface area (Å²) >= 11 is 3.61. The van der Waals surface area contributed by atoms with Gasteiger partial charge in [0.2, 0.25) is 0 Å². The molecule has 2 N–H and O–H groups in total. The molecular weight excluding hydrogens is 238 g/mol. The summed E-state index contributed by atoms with van der Waals surface area (Å²) in [6, 6.07) is 8.42. The largest absolute Gasteiger partial charge is 0.325 e. The van der Waals surface area contributed by atoms with Crippen LogP contribution in [0.15, 0.2) is 28.7 Å². The number of hydrogen-bond acceptors (Lipinski definition) is 1. The van der Waals surface area contributed by atoms with Crippen LogP contribution in [0.1, 0.15) is 32.3 Å². The summed E-state index contributed by atoms with van der Waals surface area (Å²) in [5.41, 5.74) is 7.70. The van der Waals surface area contributed by atoms with Crippen molar-refractivity contribution in [3.05, 3.63) is 34.3 Å². The lowest BCUT2D eigenvalue weighted by Crippen LogP contribution is -2.45. The third-order valence-corrected chi connectivity index (χ3v) is 4.06. The van der Waals surface area contributed by atoms with E-state index in [-0.39, 0.29) is 11.0 Å². The van der Waals surface area contributed by atoms with Gasteiger partial charge in [0.05, 0.1) is 0 Å². The van der Waals surface area contributed by atoms with Gasteiger partial charge in [-0.25, -0.2) is 0 Å². The molecule has 14 heavy (non-hydrogen) atoms. The molecule has 1 aromatic carbocycles. The van der Waals surface area contributed by atoms with E-state index in [2.05, 4.69) is 48.0 Å². The molecule has 0 amide bonds. The first-order chi connectivity index (χ1) is 6.47. The normalized spacial score (nSPS) is 19.4. The lowest BCUT2D eigenvalue weighted by molar-refractivity contribution is 0.390. The first-order valence-electron chi connectivity index (χ1n) is 5.01. The Balaban J connectivity index is 2.46. The average molecular weight is 254 g/mol. The second-order valence-corrected chi connectivity index (χ2v) is 5.64. The summed E-state index contributed by atoms with van der Waals surface area (Å²) in [4.78, 5) is 0. The number of hydrogen-bond donors (Lipinski definition) is 1. The van der Waals surface area contributed by atoms with Crippen LogP contribution in [0.25, 0.3) is 0 Å².